The van der Waals surface area contributed by atoms with Gasteiger partial charge in [-0.2, -0.15) is 0 Å². The molecule has 1 unspecified atom stereocenters. The average Bonchev–Trinajstić information content (AvgIpc) is 2.54. The van der Waals surface area contributed by atoms with Crippen LogP contribution in [0.4, 0.5) is 0 Å². The van der Waals surface area contributed by atoms with Crippen LogP contribution in [-0.4, -0.2) is 40.4 Å². The van der Waals surface area contributed by atoms with Crippen molar-refractivity contribution in [2.75, 3.05) is 6.79 Å². The first-order valence-electron chi connectivity index (χ1n) is 9.12. The third-order valence-corrected chi connectivity index (χ3v) is 12.6. The van der Waals surface area contributed by atoms with Gasteiger partial charge in [-0.05, 0) is 24.5 Å². The standard InChI is InChI=1S/C19H32O4SSi/c1-7-17-14(2)18(23-13-22-17)15(3)19(25(4,5)6)24(20,21)16-11-9-8-10-12-16/h8-12,14-15,17-19H,7,13H2,1-6H3/t14-,15+,17+,18-,19?/m0/s1. The molecule has 1 aromatic carbocycles. The number of ether oxygens (including phenoxy) is 2. The highest BCUT2D eigenvalue weighted by atomic mass is 32.2. The molecule has 1 aliphatic rings. The van der Waals surface area contributed by atoms with Crippen LogP contribution in [0.15, 0.2) is 35.2 Å². The predicted molar refractivity (Wildman–Crippen MR) is 104 cm³/mol. The molecule has 0 bridgehead atoms. The van der Waals surface area contributed by atoms with Crippen LogP contribution in [0.5, 0.6) is 0 Å². The van der Waals surface area contributed by atoms with E-state index in [1.165, 1.54) is 0 Å². The highest BCUT2D eigenvalue weighted by Crippen LogP contribution is 2.36. The van der Waals surface area contributed by atoms with Gasteiger partial charge in [-0.1, -0.05) is 58.6 Å². The van der Waals surface area contributed by atoms with Crippen molar-refractivity contribution in [3.05, 3.63) is 30.3 Å². The number of rotatable bonds is 6. The number of hydrogen-bond acceptors (Lipinski definition) is 4. The van der Waals surface area contributed by atoms with Gasteiger partial charge in [-0.3, -0.25) is 0 Å². The lowest BCUT2D eigenvalue weighted by molar-refractivity contribution is -0.215. The number of sulfone groups is 1. The Hall–Kier alpha value is -0.693. The molecular formula is C19H32O4SSi. The maximum atomic E-state index is 13.5. The summed E-state index contributed by atoms with van der Waals surface area (Å²) in [5.41, 5.74) is 0. The van der Waals surface area contributed by atoms with Gasteiger partial charge < -0.3 is 9.47 Å². The van der Waals surface area contributed by atoms with Crippen molar-refractivity contribution in [3.63, 3.8) is 0 Å². The minimum absolute atomic E-state index is 0.0789. The minimum atomic E-state index is -3.41. The van der Waals surface area contributed by atoms with E-state index in [9.17, 15) is 8.42 Å². The lowest BCUT2D eigenvalue weighted by atomic mass is 9.88. The van der Waals surface area contributed by atoms with E-state index in [1.807, 2.05) is 13.0 Å². The van der Waals surface area contributed by atoms with Crippen molar-refractivity contribution < 1.29 is 17.9 Å². The van der Waals surface area contributed by atoms with Gasteiger partial charge in [-0.15, -0.1) is 0 Å². The van der Waals surface area contributed by atoms with Crippen molar-refractivity contribution in [1.29, 1.82) is 0 Å². The van der Waals surface area contributed by atoms with E-state index < -0.39 is 22.8 Å². The van der Waals surface area contributed by atoms with Crippen molar-refractivity contribution in [2.45, 2.75) is 68.8 Å². The van der Waals surface area contributed by atoms with Crippen LogP contribution in [-0.2, 0) is 19.3 Å². The molecule has 0 saturated carbocycles. The van der Waals surface area contributed by atoms with Gasteiger partial charge in [0.05, 0.1) is 30.1 Å². The molecular weight excluding hydrogens is 352 g/mol. The van der Waals surface area contributed by atoms with E-state index in [0.29, 0.717) is 4.90 Å². The Morgan fingerprint density at radius 1 is 1.16 bits per heavy atom. The van der Waals surface area contributed by atoms with Crippen molar-refractivity contribution in [2.24, 2.45) is 11.8 Å². The van der Waals surface area contributed by atoms with Crippen molar-refractivity contribution in [1.82, 2.24) is 0 Å². The van der Waals surface area contributed by atoms with Crippen LogP contribution in [0.1, 0.15) is 27.2 Å². The summed E-state index contributed by atoms with van der Waals surface area (Å²) in [6, 6.07) is 8.84. The summed E-state index contributed by atoms with van der Waals surface area (Å²) in [5.74, 6) is 0.100. The Bertz CT molecular complexity index is 654. The second-order valence-corrected chi connectivity index (χ2v) is 16.1. The molecule has 2 rings (SSSR count). The van der Waals surface area contributed by atoms with E-state index in [1.54, 1.807) is 24.3 Å². The molecule has 5 atom stereocenters. The van der Waals surface area contributed by atoms with Crippen LogP contribution in [0, 0.1) is 11.8 Å². The summed E-state index contributed by atoms with van der Waals surface area (Å²) in [6.45, 7) is 12.9. The van der Waals surface area contributed by atoms with Gasteiger partial charge in [0.1, 0.15) is 6.79 Å². The highest BCUT2D eigenvalue weighted by Gasteiger charge is 2.48. The third-order valence-electron chi connectivity index (χ3n) is 5.30. The van der Waals surface area contributed by atoms with Crippen LogP contribution in [0.25, 0.3) is 0 Å². The third kappa shape index (κ3) is 4.35. The summed E-state index contributed by atoms with van der Waals surface area (Å²) >= 11 is 0. The Labute approximate surface area is 153 Å². The molecule has 0 aromatic heterocycles. The molecule has 1 saturated heterocycles. The maximum absolute atomic E-state index is 13.5. The molecule has 1 fully saturated rings. The molecule has 1 aromatic rings. The minimum Gasteiger partial charge on any atom is -0.352 e. The van der Waals surface area contributed by atoms with E-state index >= 15 is 0 Å². The van der Waals surface area contributed by atoms with Gasteiger partial charge in [0.25, 0.3) is 0 Å². The van der Waals surface area contributed by atoms with Crippen LogP contribution >= 0.6 is 0 Å². The second kappa shape index (κ2) is 7.90. The molecule has 0 radical (unpaired) electrons. The zero-order chi connectivity index (χ0) is 18.8. The highest BCUT2D eigenvalue weighted by molar-refractivity contribution is 7.94. The SMILES string of the molecule is CC[C@H]1OCO[C@H]([C@@H](C)C([Si](C)(C)C)S(=O)(=O)c2ccccc2)[C@H]1C. The Kier molecular flexibility index (Phi) is 6.52. The first-order chi connectivity index (χ1) is 11.6. The number of hydrogen-bond donors (Lipinski definition) is 0. The summed E-state index contributed by atoms with van der Waals surface area (Å²) in [6.07, 6.45) is 0.938. The molecule has 142 valence electrons. The molecule has 25 heavy (non-hydrogen) atoms. The molecule has 4 nitrogen and oxygen atoms in total. The van der Waals surface area contributed by atoms with E-state index in [-0.39, 0.29) is 30.8 Å². The molecule has 6 heteroatoms. The monoisotopic (exact) mass is 384 g/mol. The topological polar surface area (TPSA) is 52.6 Å². The zero-order valence-electron chi connectivity index (χ0n) is 16.2. The van der Waals surface area contributed by atoms with Crippen molar-refractivity contribution in [3.8, 4) is 0 Å². The largest absolute Gasteiger partial charge is 0.352 e. The molecule has 1 aliphatic heterocycles. The predicted octanol–water partition coefficient (Wildman–Crippen LogP) is 4.13. The van der Waals surface area contributed by atoms with Crippen LogP contribution < -0.4 is 0 Å². The summed E-state index contributed by atoms with van der Waals surface area (Å²) in [4.78, 5) is 0.0199. The fourth-order valence-corrected chi connectivity index (χ4v) is 11.8. The molecule has 1 heterocycles. The normalized spacial score (nSPS) is 27.7. The van der Waals surface area contributed by atoms with E-state index in [2.05, 4.69) is 33.5 Å². The second-order valence-electron chi connectivity index (χ2n) is 8.23. The van der Waals surface area contributed by atoms with Gasteiger partial charge in [0.2, 0.25) is 0 Å². The quantitative estimate of drug-likeness (QED) is 0.692. The Morgan fingerprint density at radius 2 is 1.76 bits per heavy atom. The summed E-state index contributed by atoms with van der Waals surface area (Å²) < 4.78 is 38.6. The van der Waals surface area contributed by atoms with E-state index in [0.717, 1.165) is 6.42 Å². The Morgan fingerprint density at radius 3 is 2.28 bits per heavy atom. The molecule has 0 amide bonds. The fraction of sp³-hybridized carbons (Fsp3) is 0.684. The van der Waals surface area contributed by atoms with Gasteiger partial charge in [0.15, 0.2) is 9.84 Å². The lowest BCUT2D eigenvalue weighted by Crippen LogP contribution is -2.55. The summed E-state index contributed by atoms with van der Waals surface area (Å²) in [7, 11) is -5.44. The number of benzene rings is 1. The zero-order valence-corrected chi connectivity index (χ0v) is 18.0. The Balaban J connectivity index is 2.41. The first kappa shape index (κ1) is 20.6. The van der Waals surface area contributed by atoms with Crippen LogP contribution in [0.3, 0.4) is 0 Å². The maximum Gasteiger partial charge on any atom is 0.179 e. The van der Waals surface area contributed by atoms with Crippen LogP contribution in [0.2, 0.25) is 19.6 Å². The summed E-state index contributed by atoms with van der Waals surface area (Å²) in [5, 5.41) is 0. The average molecular weight is 385 g/mol. The van der Waals surface area contributed by atoms with Gasteiger partial charge in [0, 0.05) is 5.92 Å². The van der Waals surface area contributed by atoms with E-state index in [4.69, 9.17) is 9.47 Å². The smallest absolute Gasteiger partial charge is 0.179 e. The first-order valence-corrected chi connectivity index (χ1v) is 14.2. The molecule has 0 N–H and O–H groups in total. The molecule has 0 spiro atoms. The van der Waals surface area contributed by atoms with Gasteiger partial charge >= 0.3 is 0 Å². The van der Waals surface area contributed by atoms with Crippen molar-refractivity contribution >= 4 is 17.9 Å². The molecule has 0 aliphatic carbocycles. The fourth-order valence-electron chi connectivity index (χ4n) is 4.31. The lowest BCUT2D eigenvalue weighted by Gasteiger charge is -2.43. The van der Waals surface area contributed by atoms with Gasteiger partial charge in [-0.25, -0.2) is 8.42 Å².